The molecule has 0 heterocycles. The smallest absolute Gasteiger partial charge is 0.221 e. The van der Waals surface area contributed by atoms with Crippen LogP contribution in [0.2, 0.25) is 5.02 Å². The first-order chi connectivity index (χ1) is 8.24. The second-order valence-electron chi connectivity index (χ2n) is 4.40. The highest BCUT2D eigenvalue weighted by atomic mass is 35.5. The van der Waals surface area contributed by atoms with E-state index in [4.69, 9.17) is 11.6 Å². The molecule has 0 spiro atoms. The molecule has 1 aliphatic carbocycles. The Morgan fingerprint density at radius 1 is 1.41 bits per heavy atom. The molecule has 3 nitrogen and oxygen atoms in total. The fraction of sp³-hybridized carbons (Fsp3) is 0.462. The second kappa shape index (κ2) is 6.03. The average Bonchev–Trinajstić information content (AvgIpc) is 3.08. The van der Waals surface area contributed by atoms with Gasteiger partial charge in [0.2, 0.25) is 5.91 Å². The molecule has 0 aliphatic heterocycles. The summed E-state index contributed by atoms with van der Waals surface area (Å²) >= 11 is 5.88. The predicted octanol–water partition coefficient (Wildman–Crippen LogP) is 2.10. The van der Waals surface area contributed by atoms with Gasteiger partial charge in [-0.3, -0.25) is 4.79 Å². The number of amides is 1. The van der Waals surface area contributed by atoms with Crippen molar-refractivity contribution in [2.75, 3.05) is 6.54 Å². The van der Waals surface area contributed by atoms with E-state index in [9.17, 15) is 4.79 Å². The van der Waals surface area contributed by atoms with Crippen molar-refractivity contribution in [2.45, 2.75) is 31.8 Å². The van der Waals surface area contributed by atoms with Gasteiger partial charge in [0.15, 0.2) is 0 Å². The summed E-state index contributed by atoms with van der Waals surface area (Å²) in [5.74, 6) is 0.145. The van der Waals surface area contributed by atoms with E-state index in [-0.39, 0.29) is 5.91 Å². The lowest BCUT2D eigenvalue weighted by molar-refractivity contribution is -0.121. The van der Waals surface area contributed by atoms with Gasteiger partial charge in [-0.25, -0.2) is 0 Å². The molecule has 0 aromatic heterocycles. The molecule has 1 saturated carbocycles. The number of carbonyl (C=O) groups is 1. The summed E-state index contributed by atoms with van der Waals surface area (Å²) < 4.78 is 0. The van der Waals surface area contributed by atoms with E-state index >= 15 is 0 Å². The number of benzene rings is 1. The zero-order chi connectivity index (χ0) is 12.1. The topological polar surface area (TPSA) is 41.1 Å². The van der Waals surface area contributed by atoms with Gasteiger partial charge in [-0.05, 0) is 30.5 Å². The van der Waals surface area contributed by atoms with Gasteiger partial charge in [-0.2, -0.15) is 0 Å². The van der Waals surface area contributed by atoms with Gasteiger partial charge >= 0.3 is 0 Å². The molecule has 1 amide bonds. The third-order valence-corrected chi connectivity index (χ3v) is 2.92. The SMILES string of the molecule is O=C(CCNCc1cccc(Cl)c1)NC1CC1. The molecule has 4 heteroatoms. The molecule has 0 atom stereocenters. The highest BCUT2D eigenvalue weighted by Gasteiger charge is 2.22. The first-order valence-corrected chi connectivity index (χ1v) is 6.36. The van der Waals surface area contributed by atoms with Gasteiger partial charge in [0.1, 0.15) is 0 Å². The monoisotopic (exact) mass is 252 g/mol. The standard InChI is InChI=1S/C13H17ClN2O/c14-11-3-1-2-10(8-11)9-15-7-6-13(17)16-12-4-5-12/h1-3,8,12,15H,4-7,9H2,(H,16,17). The van der Waals surface area contributed by atoms with Crippen molar-refractivity contribution in [1.82, 2.24) is 10.6 Å². The third-order valence-electron chi connectivity index (χ3n) is 2.69. The Hall–Kier alpha value is -1.06. The van der Waals surface area contributed by atoms with Crippen LogP contribution in [0.1, 0.15) is 24.8 Å². The minimum Gasteiger partial charge on any atom is -0.353 e. The highest BCUT2D eigenvalue weighted by Crippen LogP contribution is 2.18. The Morgan fingerprint density at radius 2 is 2.24 bits per heavy atom. The number of rotatable bonds is 6. The molecule has 2 rings (SSSR count). The van der Waals surface area contributed by atoms with Crippen LogP contribution in [0.5, 0.6) is 0 Å². The fourth-order valence-electron chi connectivity index (χ4n) is 1.61. The van der Waals surface area contributed by atoms with Crippen molar-refractivity contribution >= 4 is 17.5 Å². The van der Waals surface area contributed by atoms with Gasteiger partial charge < -0.3 is 10.6 Å². The number of carbonyl (C=O) groups excluding carboxylic acids is 1. The lowest BCUT2D eigenvalue weighted by Gasteiger charge is -2.06. The molecule has 92 valence electrons. The molecule has 1 aromatic carbocycles. The van der Waals surface area contributed by atoms with Crippen LogP contribution in [0.4, 0.5) is 0 Å². The number of hydrogen-bond acceptors (Lipinski definition) is 2. The average molecular weight is 253 g/mol. The lowest BCUT2D eigenvalue weighted by Crippen LogP contribution is -2.28. The molecule has 17 heavy (non-hydrogen) atoms. The van der Waals surface area contributed by atoms with Crippen molar-refractivity contribution in [2.24, 2.45) is 0 Å². The summed E-state index contributed by atoms with van der Waals surface area (Å²) in [4.78, 5) is 11.4. The Kier molecular flexibility index (Phi) is 4.40. The van der Waals surface area contributed by atoms with Crippen LogP contribution < -0.4 is 10.6 Å². The number of halogens is 1. The lowest BCUT2D eigenvalue weighted by atomic mass is 10.2. The normalized spacial score (nSPS) is 14.6. The molecule has 1 aliphatic rings. The summed E-state index contributed by atoms with van der Waals surface area (Å²) in [6.45, 7) is 1.45. The van der Waals surface area contributed by atoms with Gasteiger partial charge in [0.25, 0.3) is 0 Å². The molecule has 1 fully saturated rings. The molecule has 0 radical (unpaired) electrons. The van der Waals surface area contributed by atoms with E-state index in [1.54, 1.807) is 0 Å². The molecule has 2 N–H and O–H groups in total. The van der Waals surface area contributed by atoms with Crippen LogP contribution in [0.25, 0.3) is 0 Å². The minimum atomic E-state index is 0.145. The second-order valence-corrected chi connectivity index (χ2v) is 4.83. The van der Waals surface area contributed by atoms with E-state index in [2.05, 4.69) is 10.6 Å². The summed E-state index contributed by atoms with van der Waals surface area (Å²) in [5, 5.41) is 6.94. The number of hydrogen-bond donors (Lipinski definition) is 2. The van der Waals surface area contributed by atoms with Crippen molar-refractivity contribution in [3.05, 3.63) is 34.9 Å². The van der Waals surface area contributed by atoms with Gasteiger partial charge in [0.05, 0.1) is 0 Å². The summed E-state index contributed by atoms with van der Waals surface area (Å²) in [5.41, 5.74) is 1.14. The highest BCUT2D eigenvalue weighted by molar-refractivity contribution is 6.30. The minimum absolute atomic E-state index is 0.145. The van der Waals surface area contributed by atoms with Gasteiger partial charge in [0, 0.05) is 30.6 Å². The third kappa shape index (κ3) is 4.75. The Balaban J connectivity index is 1.60. The molecule has 0 unspecified atom stereocenters. The van der Waals surface area contributed by atoms with Crippen LogP contribution in [0, 0.1) is 0 Å². The van der Waals surface area contributed by atoms with Crippen LogP contribution >= 0.6 is 11.6 Å². The predicted molar refractivity (Wildman–Crippen MR) is 68.9 cm³/mol. The van der Waals surface area contributed by atoms with Gasteiger partial charge in [-0.1, -0.05) is 23.7 Å². The quantitative estimate of drug-likeness (QED) is 0.762. The maximum absolute atomic E-state index is 11.4. The molecular formula is C13H17ClN2O. The van der Waals surface area contributed by atoms with Crippen molar-refractivity contribution in [1.29, 1.82) is 0 Å². The molecule has 0 saturated heterocycles. The largest absolute Gasteiger partial charge is 0.353 e. The van der Waals surface area contributed by atoms with Crippen molar-refractivity contribution in [3.8, 4) is 0 Å². The first-order valence-electron chi connectivity index (χ1n) is 5.98. The maximum Gasteiger partial charge on any atom is 0.221 e. The summed E-state index contributed by atoms with van der Waals surface area (Å²) in [7, 11) is 0. The zero-order valence-corrected chi connectivity index (χ0v) is 10.5. The first kappa shape index (κ1) is 12.4. The maximum atomic E-state index is 11.4. The van der Waals surface area contributed by atoms with Crippen LogP contribution in [-0.2, 0) is 11.3 Å². The van der Waals surface area contributed by atoms with Crippen molar-refractivity contribution in [3.63, 3.8) is 0 Å². The summed E-state index contributed by atoms with van der Waals surface area (Å²) in [6, 6.07) is 8.19. The van der Waals surface area contributed by atoms with Crippen LogP contribution in [0.15, 0.2) is 24.3 Å². The Morgan fingerprint density at radius 3 is 2.94 bits per heavy atom. The fourth-order valence-corrected chi connectivity index (χ4v) is 1.82. The number of nitrogens with one attached hydrogen (secondary N) is 2. The van der Waals surface area contributed by atoms with Crippen LogP contribution in [0.3, 0.4) is 0 Å². The van der Waals surface area contributed by atoms with Gasteiger partial charge in [-0.15, -0.1) is 0 Å². The summed E-state index contributed by atoms with van der Waals surface area (Å²) in [6.07, 6.45) is 2.82. The Bertz CT molecular complexity index is 391. The Labute approximate surface area is 107 Å². The van der Waals surface area contributed by atoms with Crippen LogP contribution in [-0.4, -0.2) is 18.5 Å². The molecule has 0 bridgehead atoms. The van der Waals surface area contributed by atoms with E-state index in [1.807, 2.05) is 24.3 Å². The molecule has 1 aromatic rings. The van der Waals surface area contributed by atoms with E-state index < -0.39 is 0 Å². The van der Waals surface area contributed by atoms with E-state index in [1.165, 1.54) is 0 Å². The van der Waals surface area contributed by atoms with E-state index in [0.29, 0.717) is 19.0 Å². The molecular weight excluding hydrogens is 236 g/mol. The zero-order valence-electron chi connectivity index (χ0n) is 9.71. The van der Waals surface area contributed by atoms with Crippen molar-refractivity contribution < 1.29 is 4.79 Å². The van der Waals surface area contributed by atoms with E-state index in [0.717, 1.165) is 30.0 Å².